The van der Waals surface area contributed by atoms with Crippen LogP contribution in [0.2, 0.25) is 0 Å². The highest BCUT2D eigenvalue weighted by molar-refractivity contribution is 7.54. The smallest absolute Gasteiger partial charge is 0.450 e. The van der Waals surface area contributed by atoms with Gasteiger partial charge >= 0.3 is 8.17 Å². The van der Waals surface area contributed by atoms with E-state index in [1.165, 1.54) is 48.5 Å². The Morgan fingerprint density at radius 1 is 0.846 bits per heavy atom. The molecule has 0 spiro atoms. The molecule has 2 unspecified atom stereocenters. The fraction of sp³-hybridized carbons (Fsp3) is 0.143. The van der Waals surface area contributed by atoms with E-state index in [9.17, 15) is 25.1 Å². The maximum absolute atomic E-state index is 12.4. The third kappa shape index (κ3) is 3.53. The first-order valence-corrected chi connectivity index (χ1v) is 8.68. The quantitative estimate of drug-likeness (QED) is 0.462. The first-order chi connectivity index (χ1) is 12.3. The van der Waals surface area contributed by atoms with Gasteiger partial charge in [0.2, 0.25) is 0 Å². The summed E-state index contributed by atoms with van der Waals surface area (Å²) in [5.41, 5.74) is 0.703. The molecule has 3 N–H and O–H groups in total. The molecule has 2 atom stereocenters. The molecule has 12 heteroatoms. The fourth-order valence-corrected chi connectivity index (χ4v) is 3.71. The Balaban J connectivity index is 1.95. The van der Waals surface area contributed by atoms with Crippen LogP contribution in [-0.2, 0) is 13.7 Å². The lowest BCUT2D eigenvalue weighted by Crippen LogP contribution is -2.50. The van der Waals surface area contributed by atoms with Crippen LogP contribution in [0, 0.1) is 20.2 Å². The van der Waals surface area contributed by atoms with Crippen LogP contribution in [0.15, 0.2) is 48.5 Å². The van der Waals surface area contributed by atoms with Crippen molar-refractivity contribution in [2.75, 3.05) is 0 Å². The molecule has 3 rings (SSSR count). The van der Waals surface area contributed by atoms with Gasteiger partial charge in [-0.05, 0) is 40.0 Å². The zero-order valence-corrected chi connectivity index (χ0v) is 14.0. The van der Waals surface area contributed by atoms with E-state index in [2.05, 4.69) is 10.5 Å². The number of quaternary nitrogens is 1. The van der Waals surface area contributed by atoms with Crippen LogP contribution in [0.3, 0.4) is 0 Å². The molecule has 11 nitrogen and oxygen atoms in total. The lowest BCUT2D eigenvalue weighted by atomic mass is 9.98. The summed E-state index contributed by atoms with van der Waals surface area (Å²) >= 11 is 0. The second-order valence-corrected chi connectivity index (χ2v) is 6.90. The summed E-state index contributed by atoms with van der Waals surface area (Å²) in [6, 6.07) is 10.9. The molecular weight excluding hydrogens is 369 g/mol. The van der Waals surface area contributed by atoms with Crippen molar-refractivity contribution in [2.45, 2.75) is 12.2 Å². The predicted octanol–water partition coefficient (Wildman–Crippen LogP) is 1.54. The predicted molar refractivity (Wildman–Crippen MR) is 84.7 cm³/mol. The summed E-state index contributed by atoms with van der Waals surface area (Å²) in [7, 11) is -3.93. The van der Waals surface area contributed by atoms with Gasteiger partial charge in [-0.1, -0.05) is 0 Å². The van der Waals surface area contributed by atoms with Crippen molar-refractivity contribution in [3.63, 3.8) is 0 Å². The number of phosphoric acid groups is 1. The van der Waals surface area contributed by atoms with Gasteiger partial charge in [-0.2, -0.15) is 14.9 Å². The Morgan fingerprint density at radius 2 is 1.19 bits per heavy atom. The average molecular weight is 382 g/mol. The number of hydrogen-bond acceptors (Lipinski definition) is 8. The highest BCUT2D eigenvalue weighted by Crippen LogP contribution is 2.67. The van der Waals surface area contributed by atoms with Crippen LogP contribution in [0.4, 0.5) is 11.4 Å². The zero-order valence-electron chi connectivity index (χ0n) is 13.1. The molecule has 1 aliphatic heterocycles. The summed E-state index contributed by atoms with van der Waals surface area (Å²) in [4.78, 5) is 32.8. The lowest BCUT2D eigenvalue weighted by molar-refractivity contribution is -0.655. The van der Waals surface area contributed by atoms with Gasteiger partial charge in [-0.3, -0.25) is 20.2 Å². The van der Waals surface area contributed by atoms with Crippen molar-refractivity contribution in [1.29, 1.82) is 0 Å². The Kier molecular flexibility index (Phi) is 4.92. The molecule has 0 bridgehead atoms. The van der Waals surface area contributed by atoms with Crippen LogP contribution < -0.4 is 10.8 Å². The molecule has 0 amide bonds. The number of nitro groups is 2. The summed E-state index contributed by atoms with van der Waals surface area (Å²) < 4.78 is 15.3. The minimum absolute atomic E-state index is 0.115. The number of rotatable bonds is 5. The van der Waals surface area contributed by atoms with Crippen molar-refractivity contribution in [3.8, 4) is 0 Å². The summed E-state index contributed by atoms with van der Waals surface area (Å²) in [6.45, 7) is 0. The third-order valence-corrected chi connectivity index (χ3v) is 5.07. The molecule has 0 radical (unpaired) electrons. The second kappa shape index (κ2) is 7.00. The molecule has 2 aromatic rings. The van der Waals surface area contributed by atoms with E-state index in [4.69, 9.17) is 9.05 Å². The van der Waals surface area contributed by atoms with Gasteiger partial charge in [-0.15, -0.1) is 0 Å². The summed E-state index contributed by atoms with van der Waals surface area (Å²) in [5.74, 6) is 3.08. The Labute approximate surface area is 146 Å². The first-order valence-electron chi connectivity index (χ1n) is 7.22. The number of nitro benzene ring substituents is 2. The molecule has 0 aromatic heterocycles. The van der Waals surface area contributed by atoms with E-state index in [1.54, 1.807) is 0 Å². The highest BCUT2D eigenvalue weighted by Gasteiger charge is 2.55. The number of benzene rings is 2. The molecule has 1 aliphatic rings. The summed E-state index contributed by atoms with van der Waals surface area (Å²) in [6.07, 6.45) is -1.80. The molecule has 2 aromatic carbocycles. The molecule has 1 saturated heterocycles. The van der Waals surface area contributed by atoms with E-state index < -0.39 is 30.2 Å². The second-order valence-electron chi connectivity index (χ2n) is 5.33. The normalized spacial score (nSPS) is 25.2. The minimum Gasteiger partial charge on any atom is -0.601 e. The van der Waals surface area contributed by atoms with Crippen molar-refractivity contribution in [3.05, 3.63) is 79.9 Å². The zero-order chi connectivity index (χ0) is 18.9. The van der Waals surface area contributed by atoms with Crippen LogP contribution >= 0.6 is 8.17 Å². The standard InChI is InChI=1S/C14H13N3O8P/c15-25-26(22)23-13(9-1-5-11(6-2-9)16(18)19)14(24-26)10-3-7-12(8-4-10)17(20)21/h1-8,13-14H,15H3/q+1. The maximum atomic E-state index is 12.4. The fourth-order valence-electron chi connectivity index (χ4n) is 2.52. The number of hydrogen-bond donors (Lipinski definition) is 1. The molecule has 0 saturated carbocycles. The number of nitrogens with zero attached hydrogens (tertiary/aromatic N) is 2. The van der Waals surface area contributed by atoms with Crippen LogP contribution in [0.1, 0.15) is 23.3 Å². The third-order valence-electron chi connectivity index (χ3n) is 3.78. The SMILES string of the molecule is [NH3+]O[P+]1([O-])OC(c2ccc([N+](=O)[O-])cc2)C(c2ccc([N+](=O)[O-])cc2)O1. The topological polar surface area (TPSA) is 165 Å². The molecular formula is C14H13N3O8P+. The van der Waals surface area contributed by atoms with Gasteiger partial charge in [0.1, 0.15) is 0 Å². The Hall–Kier alpha value is -2.53. The lowest BCUT2D eigenvalue weighted by Gasteiger charge is -2.13. The Morgan fingerprint density at radius 3 is 1.46 bits per heavy atom. The van der Waals surface area contributed by atoms with Gasteiger partial charge < -0.3 is 4.89 Å². The van der Waals surface area contributed by atoms with Crippen molar-refractivity contribution < 1.29 is 34.3 Å². The van der Waals surface area contributed by atoms with E-state index in [1.807, 2.05) is 0 Å². The van der Waals surface area contributed by atoms with Gasteiger partial charge in [0, 0.05) is 24.3 Å². The first kappa shape index (κ1) is 18.3. The van der Waals surface area contributed by atoms with Crippen molar-refractivity contribution >= 4 is 19.5 Å². The molecule has 26 heavy (non-hydrogen) atoms. The molecule has 136 valence electrons. The minimum atomic E-state index is -3.93. The van der Waals surface area contributed by atoms with Crippen molar-refractivity contribution in [1.82, 2.24) is 0 Å². The molecule has 1 heterocycles. The van der Waals surface area contributed by atoms with Crippen molar-refractivity contribution in [2.24, 2.45) is 0 Å². The van der Waals surface area contributed by atoms with Gasteiger partial charge in [0.25, 0.3) is 11.4 Å². The van der Waals surface area contributed by atoms with Gasteiger partial charge in [0.05, 0.1) is 9.85 Å². The maximum Gasteiger partial charge on any atom is 0.450 e. The molecule has 0 aliphatic carbocycles. The van der Waals surface area contributed by atoms with Gasteiger partial charge in [-0.25, -0.2) is 0 Å². The average Bonchev–Trinajstić information content (AvgIpc) is 3.00. The van der Waals surface area contributed by atoms with Crippen LogP contribution in [-0.4, -0.2) is 9.85 Å². The highest BCUT2D eigenvalue weighted by atomic mass is 31.2. The largest absolute Gasteiger partial charge is 0.601 e. The van der Waals surface area contributed by atoms with E-state index in [-0.39, 0.29) is 11.4 Å². The van der Waals surface area contributed by atoms with E-state index >= 15 is 0 Å². The number of non-ortho nitro benzene ring substituents is 2. The molecule has 1 fully saturated rings. The van der Waals surface area contributed by atoms with E-state index in [0.717, 1.165) is 0 Å². The van der Waals surface area contributed by atoms with E-state index in [0.29, 0.717) is 11.1 Å². The van der Waals surface area contributed by atoms with Crippen LogP contribution in [0.25, 0.3) is 0 Å². The van der Waals surface area contributed by atoms with Crippen LogP contribution in [0.5, 0.6) is 0 Å². The summed E-state index contributed by atoms with van der Waals surface area (Å²) in [5, 5.41) is 21.6. The number of phosphoric ester groups is 1. The van der Waals surface area contributed by atoms with Gasteiger partial charge in [0.15, 0.2) is 12.2 Å². The monoisotopic (exact) mass is 382 g/mol. The Bertz CT molecular complexity index is 764.